The van der Waals surface area contributed by atoms with Gasteiger partial charge in [-0.05, 0) is 53.4 Å². The van der Waals surface area contributed by atoms with Gasteiger partial charge in [-0.25, -0.2) is 4.79 Å². The molecule has 1 aliphatic heterocycles. The fraction of sp³-hybridized carbons (Fsp3) is 0.533. The van der Waals surface area contributed by atoms with E-state index in [9.17, 15) is 4.79 Å². The van der Waals surface area contributed by atoms with Crippen LogP contribution in [0.1, 0.15) is 36.5 Å². The van der Waals surface area contributed by atoms with Gasteiger partial charge in [0.2, 0.25) is 0 Å². The number of aromatic carboxylic acids is 1. The molecule has 0 amide bonds. The first-order chi connectivity index (χ1) is 9.61. The number of benzene rings is 1. The molecule has 1 N–H and O–H groups in total. The summed E-state index contributed by atoms with van der Waals surface area (Å²) >= 11 is 3.48. The van der Waals surface area contributed by atoms with Gasteiger partial charge in [0.05, 0.1) is 17.4 Å². The van der Waals surface area contributed by atoms with Crippen LogP contribution in [-0.2, 0) is 4.74 Å². The van der Waals surface area contributed by atoms with Crippen LogP contribution in [-0.4, -0.2) is 36.9 Å². The van der Waals surface area contributed by atoms with Gasteiger partial charge in [0.1, 0.15) is 0 Å². The van der Waals surface area contributed by atoms with Crippen LogP contribution in [0.5, 0.6) is 0 Å². The van der Waals surface area contributed by atoms with Gasteiger partial charge >= 0.3 is 5.97 Å². The molecule has 0 aromatic heterocycles. The number of ether oxygens (including phenoxy) is 1. The predicted octanol–water partition coefficient (Wildman–Crippen LogP) is 3.54. The summed E-state index contributed by atoms with van der Waals surface area (Å²) < 4.78 is 6.66. The molecule has 0 aliphatic carbocycles. The van der Waals surface area contributed by atoms with Crippen molar-refractivity contribution < 1.29 is 14.6 Å². The number of carboxylic acid groups (broad SMARTS) is 1. The molecule has 0 spiro atoms. The third-order valence-electron chi connectivity index (χ3n) is 3.47. The minimum atomic E-state index is -0.903. The zero-order valence-electron chi connectivity index (χ0n) is 11.6. The van der Waals surface area contributed by atoms with E-state index in [1.165, 1.54) is 0 Å². The van der Waals surface area contributed by atoms with Gasteiger partial charge in [-0.1, -0.05) is 6.92 Å². The monoisotopic (exact) mass is 341 g/mol. The first-order valence-corrected chi connectivity index (χ1v) is 7.80. The molecule has 1 fully saturated rings. The van der Waals surface area contributed by atoms with Crippen molar-refractivity contribution in [3.8, 4) is 0 Å². The normalized spacial score (nSPS) is 19.1. The van der Waals surface area contributed by atoms with Gasteiger partial charge < -0.3 is 14.7 Å². The number of hydrogen-bond acceptors (Lipinski definition) is 3. The Labute approximate surface area is 127 Å². The Balaban J connectivity index is 2.08. The summed E-state index contributed by atoms with van der Waals surface area (Å²) in [4.78, 5) is 13.2. The summed E-state index contributed by atoms with van der Waals surface area (Å²) in [6.45, 7) is 4.77. The Hall–Kier alpha value is -1.07. The number of anilines is 1. The maximum absolute atomic E-state index is 11.0. The third-order valence-corrected chi connectivity index (χ3v) is 4.11. The number of carbonyl (C=O) groups is 1. The number of nitrogens with zero attached hydrogens (tertiary/aromatic N) is 1. The Morgan fingerprint density at radius 3 is 3.00 bits per heavy atom. The van der Waals surface area contributed by atoms with Crippen molar-refractivity contribution >= 4 is 27.6 Å². The Morgan fingerprint density at radius 2 is 2.35 bits per heavy atom. The van der Waals surface area contributed by atoms with Gasteiger partial charge in [-0.15, -0.1) is 0 Å². The van der Waals surface area contributed by atoms with E-state index in [4.69, 9.17) is 9.84 Å². The minimum Gasteiger partial charge on any atom is -0.478 e. The second-order valence-corrected chi connectivity index (χ2v) is 5.91. The topological polar surface area (TPSA) is 49.8 Å². The molecule has 1 atom stereocenters. The fourth-order valence-corrected chi connectivity index (χ4v) is 3.10. The number of rotatable bonds is 5. The highest BCUT2D eigenvalue weighted by molar-refractivity contribution is 9.10. The third kappa shape index (κ3) is 3.73. The van der Waals surface area contributed by atoms with Crippen LogP contribution in [0.3, 0.4) is 0 Å². The van der Waals surface area contributed by atoms with Gasteiger partial charge in [-0.3, -0.25) is 0 Å². The van der Waals surface area contributed by atoms with Crippen molar-refractivity contribution in [1.29, 1.82) is 0 Å². The van der Waals surface area contributed by atoms with Crippen molar-refractivity contribution in [3.63, 3.8) is 0 Å². The quantitative estimate of drug-likeness (QED) is 0.889. The van der Waals surface area contributed by atoms with E-state index in [-0.39, 0.29) is 6.10 Å². The van der Waals surface area contributed by atoms with Crippen LogP contribution in [0.2, 0.25) is 0 Å². The van der Waals surface area contributed by atoms with Crippen molar-refractivity contribution in [3.05, 3.63) is 28.2 Å². The summed E-state index contributed by atoms with van der Waals surface area (Å²) in [5.74, 6) is -0.903. The van der Waals surface area contributed by atoms with Gasteiger partial charge in [0, 0.05) is 24.2 Å². The van der Waals surface area contributed by atoms with Gasteiger partial charge in [-0.2, -0.15) is 0 Å². The van der Waals surface area contributed by atoms with Gasteiger partial charge in [0.15, 0.2) is 0 Å². The molecule has 1 unspecified atom stereocenters. The molecule has 20 heavy (non-hydrogen) atoms. The smallest absolute Gasteiger partial charge is 0.335 e. The maximum atomic E-state index is 11.0. The van der Waals surface area contributed by atoms with E-state index in [2.05, 4.69) is 27.8 Å². The summed E-state index contributed by atoms with van der Waals surface area (Å²) in [7, 11) is 0. The zero-order valence-corrected chi connectivity index (χ0v) is 13.2. The van der Waals surface area contributed by atoms with E-state index < -0.39 is 5.97 Å². The fourth-order valence-electron chi connectivity index (χ4n) is 2.47. The summed E-state index contributed by atoms with van der Waals surface area (Å²) in [6, 6.07) is 5.18. The molecule has 5 heteroatoms. The van der Waals surface area contributed by atoms with Crippen LogP contribution in [0, 0.1) is 0 Å². The average Bonchev–Trinajstić information content (AvgIpc) is 2.45. The Bertz CT molecular complexity index is 478. The molecule has 0 bridgehead atoms. The molecule has 0 radical (unpaired) electrons. The van der Waals surface area contributed by atoms with E-state index in [0.29, 0.717) is 5.56 Å². The predicted molar refractivity (Wildman–Crippen MR) is 82.6 cm³/mol. The molecular weight excluding hydrogens is 322 g/mol. The van der Waals surface area contributed by atoms with Crippen LogP contribution >= 0.6 is 15.9 Å². The van der Waals surface area contributed by atoms with Crippen LogP contribution < -0.4 is 4.90 Å². The molecule has 110 valence electrons. The molecule has 0 saturated carbocycles. The molecule has 1 saturated heterocycles. The highest BCUT2D eigenvalue weighted by atomic mass is 79.9. The second-order valence-electron chi connectivity index (χ2n) is 5.05. The first-order valence-electron chi connectivity index (χ1n) is 7.01. The summed E-state index contributed by atoms with van der Waals surface area (Å²) in [5, 5.41) is 9.00. The van der Waals surface area contributed by atoms with E-state index >= 15 is 0 Å². The Morgan fingerprint density at radius 1 is 1.55 bits per heavy atom. The number of halogens is 1. The van der Waals surface area contributed by atoms with Gasteiger partial charge in [0.25, 0.3) is 0 Å². The lowest BCUT2D eigenvalue weighted by Crippen LogP contribution is -2.40. The van der Waals surface area contributed by atoms with Crippen molar-refractivity contribution in [1.82, 2.24) is 0 Å². The summed E-state index contributed by atoms with van der Waals surface area (Å²) in [5.41, 5.74) is 1.34. The molecule has 1 aliphatic rings. The number of carboxylic acids is 1. The molecule has 1 heterocycles. The molecule has 1 aromatic rings. The molecular formula is C15H20BrNO3. The lowest BCUT2D eigenvalue weighted by molar-refractivity contribution is 0.0440. The molecule has 4 nitrogen and oxygen atoms in total. The number of hydrogen-bond donors (Lipinski definition) is 1. The lowest BCUT2D eigenvalue weighted by atomic mass is 10.1. The van der Waals surface area contributed by atoms with E-state index in [0.717, 1.165) is 49.1 Å². The van der Waals surface area contributed by atoms with Crippen LogP contribution in [0.4, 0.5) is 5.69 Å². The minimum absolute atomic E-state index is 0.273. The standard InChI is InChI=1S/C15H20BrNO3/c1-2-8-20-12-4-3-7-17(10-12)14-6-5-11(15(18)19)9-13(14)16/h5-6,9,12H,2-4,7-8,10H2,1H3,(H,18,19). The average molecular weight is 342 g/mol. The van der Waals surface area contributed by atoms with Crippen molar-refractivity contribution in [2.75, 3.05) is 24.6 Å². The highest BCUT2D eigenvalue weighted by Gasteiger charge is 2.22. The zero-order chi connectivity index (χ0) is 14.5. The van der Waals surface area contributed by atoms with E-state index in [1.807, 2.05) is 6.07 Å². The Kier molecular flexibility index (Phi) is 5.43. The van der Waals surface area contributed by atoms with Crippen molar-refractivity contribution in [2.24, 2.45) is 0 Å². The largest absolute Gasteiger partial charge is 0.478 e. The first kappa shape index (κ1) is 15.3. The highest BCUT2D eigenvalue weighted by Crippen LogP contribution is 2.30. The second kappa shape index (κ2) is 7.09. The molecule has 2 rings (SSSR count). The lowest BCUT2D eigenvalue weighted by Gasteiger charge is -2.35. The van der Waals surface area contributed by atoms with Crippen LogP contribution in [0.25, 0.3) is 0 Å². The maximum Gasteiger partial charge on any atom is 0.335 e. The van der Waals surface area contributed by atoms with Crippen LogP contribution in [0.15, 0.2) is 22.7 Å². The van der Waals surface area contributed by atoms with Crippen molar-refractivity contribution in [2.45, 2.75) is 32.3 Å². The summed E-state index contributed by atoms with van der Waals surface area (Å²) in [6.07, 6.45) is 3.51. The SMILES string of the molecule is CCCOC1CCCN(c2ccc(C(=O)O)cc2Br)C1. The molecule has 1 aromatic carbocycles. The van der Waals surface area contributed by atoms with E-state index in [1.54, 1.807) is 12.1 Å². The number of piperidine rings is 1.